The van der Waals surface area contributed by atoms with E-state index in [0.717, 1.165) is 5.75 Å². The molecule has 0 aliphatic carbocycles. The van der Waals surface area contributed by atoms with Gasteiger partial charge in [0.25, 0.3) is 0 Å². The molecule has 154 valence electrons. The maximum Gasteiger partial charge on any atom is 0.247 e. The third kappa shape index (κ3) is 4.00. The number of nitrogens with zero attached hydrogens (tertiary/aromatic N) is 4. The zero-order valence-corrected chi connectivity index (χ0v) is 17.7. The lowest BCUT2D eigenvalue weighted by atomic mass is 10.1. The molecule has 3 aromatic rings. The van der Waals surface area contributed by atoms with Crippen molar-refractivity contribution in [2.75, 3.05) is 10.7 Å². The van der Waals surface area contributed by atoms with E-state index in [1.807, 2.05) is 24.3 Å². The van der Waals surface area contributed by atoms with Crippen molar-refractivity contribution in [3.63, 3.8) is 0 Å². The van der Waals surface area contributed by atoms with Crippen LogP contribution < -0.4 is 9.64 Å². The van der Waals surface area contributed by atoms with Crippen molar-refractivity contribution in [1.82, 2.24) is 15.2 Å². The zero-order valence-electron chi connectivity index (χ0n) is 16.9. The maximum absolute atomic E-state index is 13.5. The van der Waals surface area contributed by atoms with Crippen LogP contribution in [0.2, 0.25) is 0 Å². The Morgan fingerprint density at radius 1 is 1.17 bits per heavy atom. The highest BCUT2D eigenvalue weighted by atomic mass is 32.2. The number of amides is 1. The number of anilines is 1. The van der Waals surface area contributed by atoms with E-state index in [-0.39, 0.29) is 11.7 Å². The van der Waals surface area contributed by atoms with Crippen LogP contribution in [0.3, 0.4) is 0 Å². The Labute approximate surface area is 178 Å². The zero-order chi connectivity index (χ0) is 21.3. The van der Waals surface area contributed by atoms with Gasteiger partial charge in [0.2, 0.25) is 23.2 Å². The molecule has 0 N–H and O–H groups in total. The Kier molecular flexibility index (Phi) is 5.67. The quantitative estimate of drug-likeness (QED) is 0.557. The van der Waals surface area contributed by atoms with Crippen LogP contribution in [0.4, 0.5) is 10.1 Å². The molecule has 2 aromatic carbocycles. The fourth-order valence-electron chi connectivity index (χ4n) is 3.20. The number of benzene rings is 2. The smallest absolute Gasteiger partial charge is 0.247 e. The van der Waals surface area contributed by atoms with Gasteiger partial charge in [-0.2, -0.15) is 4.98 Å². The predicted molar refractivity (Wildman–Crippen MR) is 114 cm³/mol. The first-order valence-electron chi connectivity index (χ1n) is 9.63. The van der Waals surface area contributed by atoms with E-state index in [4.69, 9.17) is 4.74 Å². The number of halogens is 1. The average Bonchev–Trinajstić information content (AvgIpc) is 2.87. The molecule has 1 unspecified atom stereocenters. The normalized spacial score (nSPS) is 15.2. The molecule has 0 saturated carbocycles. The number of thioether (sulfide) groups is 1. The van der Waals surface area contributed by atoms with E-state index >= 15 is 0 Å². The molecule has 30 heavy (non-hydrogen) atoms. The molecule has 1 amide bonds. The standard InChI is InChI=1S/C22H21FN4O2S/c1-13(2)12-30-22-24-20-19(25-26-22)17-6-4-5-7-18(17)27(14(3)28)21(29-20)15-8-10-16(23)11-9-15/h4-11,13,21H,12H2,1-3H3. The Hall–Kier alpha value is -3.00. The van der Waals surface area contributed by atoms with Gasteiger partial charge in [-0.15, -0.1) is 10.2 Å². The van der Waals surface area contributed by atoms with Gasteiger partial charge < -0.3 is 4.74 Å². The minimum absolute atomic E-state index is 0.216. The molecule has 1 aromatic heterocycles. The number of hydrogen-bond donors (Lipinski definition) is 0. The van der Waals surface area contributed by atoms with Gasteiger partial charge in [-0.05, 0) is 24.1 Å². The minimum atomic E-state index is -0.815. The fraction of sp³-hybridized carbons (Fsp3) is 0.273. The molecule has 0 saturated heterocycles. The molecular weight excluding hydrogens is 403 g/mol. The minimum Gasteiger partial charge on any atom is -0.447 e. The molecule has 0 spiro atoms. The summed E-state index contributed by atoms with van der Waals surface area (Å²) in [5.74, 6) is 1.03. The summed E-state index contributed by atoms with van der Waals surface area (Å²) >= 11 is 1.50. The van der Waals surface area contributed by atoms with E-state index in [2.05, 4.69) is 29.0 Å². The summed E-state index contributed by atoms with van der Waals surface area (Å²) in [4.78, 5) is 18.8. The van der Waals surface area contributed by atoms with E-state index in [1.165, 1.54) is 35.7 Å². The summed E-state index contributed by atoms with van der Waals surface area (Å²) in [6.45, 7) is 5.70. The number of hydrogen-bond acceptors (Lipinski definition) is 6. The summed E-state index contributed by atoms with van der Waals surface area (Å²) in [6, 6.07) is 13.3. The largest absolute Gasteiger partial charge is 0.447 e. The lowest BCUT2D eigenvalue weighted by Crippen LogP contribution is -2.36. The monoisotopic (exact) mass is 424 g/mol. The van der Waals surface area contributed by atoms with Gasteiger partial charge in [0, 0.05) is 23.8 Å². The molecule has 8 heteroatoms. The van der Waals surface area contributed by atoms with E-state index < -0.39 is 6.23 Å². The Morgan fingerprint density at radius 3 is 2.60 bits per heavy atom. The first-order chi connectivity index (χ1) is 14.4. The molecule has 1 aliphatic heterocycles. The molecule has 4 rings (SSSR count). The predicted octanol–water partition coefficient (Wildman–Crippen LogP) is 4.87. The van der Waals surface area contributed by atoms with Crippen molar-refractivity contribution in [3.8, 4) is 17.1 Å². The van der Waals surface area contributed by atoms with Gasteiger partial charge in [0.1, 0.15) is 5.82 Å². The van der Waals surface area contributed by atoms with Crippen molar-refractivity contribution < 1.29 is 13.9 Å². The van der Waals surface area contributed by atoms with Gasteiger partial charge in [-0.1, -0.05) is 55.9 Å². The molecule has 1 aliphatic rings. The highest BCUT2D eigenvalue weighted by Gasteiger charge is 2.34. The molecule has 0 radical (unpaired) electrons. The van der Waals surface area contributed by atoms with Crippen LogP contribution in [-0.2, 0) is 4.79 Å². The third-order valence-corrected chi connectivity index (χ3v) is 5.82. The van der Waals surface area contributed by atoms with E-state index in [9.17, 15) is 9.18 Å². The SMILES string of the molecule is CC(=O)N1c2ccccc2-c2nnc(SCC(C)C)nc2OC1c1ccc(F)cc1. The second kappa shape index (κ2) is 8.39. The summed E-state index contributed by atoms with van der Waals surface area (Å²) < 4.78 is 19.8. The first kappa shape index (κ1) is 20.3. The van der Waals surface area contributed by atoms with Crippen molar-refractivity contribution in [3.05, 3.63) is 59.9 Å². The van der Waals surface area contributed by atoms with E-state index in [0.29, 0.717) is 39.5 Å². The number of carbonyl (C=O) groups excluding carboxylic acids is 1. The second-order valence-electron chi connectivity index (χ2n) is 7.38. The van der Waals surface area contributed by atoms with Crippen molar-refractivity contribution >= 4 is 23.4 Å². The fourth-order valence-corrected chi connectivity index (χ4v) is 3.93. The lowest BCUT2D eigenvalue weighted by molar-refractivity contribution is -0.118. The number of carbonyl (C=O) groups is 1. The van der Waals surface area contributed by atoms with Crippen molar-refractivity contribution in [1.29, 1.82) is 0 Å². The van der Waals surface area contributed by atoms with Crippen molar-refractivity contribution in [2.45, 2.75) is 32.2 Å². The average molecular weight is 425 g/mol. The molecule has 0 bridgehead atoms. The van der Waals surface area contributed by atoms with Gasteiger partial charge >= 0.3 is 0 Å². The van der Waals surface area contributed by atoms with Crippen LogP contribution in [0.15, 0.2) is 53.7 Å². The Morgan fingerprint density at radius 2 is 1.90 bits per heavy atom. The molecule has 0 fully saturated rings. The van der Waals surface area contributed by atoms with Gasteiger partial charge in [0.05, 0.1) is 5.69 Å². The summed E-state index contributed by atoms with van der Waals surface area (Å²) in [6.07, 6.45) is -0.815. The third-order valence-electron chi connectivity index (χ3n) is 4.55. The van der Waals surface area contributed by atoms with E-state index in [1.54, 1.807) is 12.1 Å². The van der Waals surface area contributed by atoms with Crippen LogP contribution in [0.1, 0.15) is 32.6 Å². The van der Waals surface area contributed by atoms with Gasteiger partial charge in [0.15, 0.2) is 5.69 Å². The highest BCUT2D eigenvalue weighted by molar-refractivity contribution is 7.99. The lowest BCUT2D eigenvalue weighted by Gasteiger charge is -2.29. The van der Waals surface area contributed by atoms with Gasteiger partial charge in [-0.25, -0.2) is 4.39 Å². The van der Waals surface area contributed by atoms with Crippen LogP contribution >= 0.6 is 11.8 Å². The number of para-hydroxylation sites is 1. The molecule has 1 atom stereocenters. The number of rotatable bonds is 4. The van der Waals surface area contributed by atoms with Crippen LogP contribution in [0, 0.1) is 11.7 Å². The van der Waals surface area contributed by atoms with Crippen LogP contribution in [0.25, 0.3) is 11.3 Å². The summed E-state index contributed by atoms with van der Waals surface area (Å²) in [5.41, 5.74) is 2.43. The molecule has 6 nitrogen and oxygen atoms in total. The number of ether oxygens (including phenoxy) is 1. The number of aromatic nitrogens is 3. The summed E-state index contributed by atoms with van der Waals surface area (Å²) in [7, 11) is 0. The first-order valence-corrected chi connectivity index (χ1v) is 10.6. The highest BCUT2D eigenvalue weighted by Crippen LogP contribution is 2.43. The van der Waals surface area contributed by atoms with Crippen LogP contribution in [0.5, 0.6) is 5.88 Å². The number of fused-ring (bicyclic) bond motifs is 3. The molecule has 2 heterocycles. The van der Waals surface area contributed by atoms with Gasteiger partial charge in [-0.3, -0.25) is 9.69 Å². The second-order valence-corrected chi connectivity index (χ2v) is 8.37. The maximum atomic E-state index is 13.5. The summed E-state index contributed by atoms with van der Waals surface area (Å²) in [5, 5.41) is 9.14. The van der Waals surface area contributed by atoms with Crippen molar-refractivity contribution in [2.24, 2.45) is 5.92 Å². The Balaban J connectivity index is 1.86. The van der Waals surface area contributed by atoms with Crippen LogP contribution in [-0.4, -0.2) is 26.8 Å². The molecular formula is C22H21FN4O2S. The topological polar surface area (TPSA) is 68.2 Å². The Bertz CT molecular complexity index is 1070.